The number of likely N-dealkylation sites (N-methyl/N-ethyl adjacent to an activating group) is 1. The molecule has 3 unspecified atom stereocenters. The first-order valence-electron chi connectivity index (χ1n) is 8.03. The molecule has 112 valence electrons. The highest BCUT2D eigenvalue weighted by Crippen LogP contribution is 2.39. The highest BCUT2D eigenvalue weighted by molar-refractivity contribution is 7.09. The molecule has 3 nitrogen and oxygen atoms in total. The molecule has 4 heteroatoms. The second-order valence-electron chi connectivity index (χ2n) is 6.53. The van der Waals surface area contributed by atoms with Crippen LogP contribution in [0.1, 0.15) is 43.3 Å². The predicted octanol–water partition coefficient (Wildman–Crippen LogP) is 2.84. The van der Waals surface area contributed by atoms with E-state index < -0.39 is 0 Å². The van der Waals surface area contributed by atoms with E-state index >= 15 is 0 Å². The van der Waals surface area contributed by atoms with Gasteiger partial charge in [-0.05, 0) is 52.1 Å². The van der Waals surface area contributed by atoms with Crippen molar-refractivity contribution in [2.75, 3.05) is 13.6 Å². The van der Waals surface area contributed by atoms with Gasteiger partial charge in [-0.15, -0.1) is 11.3 Å². The summed E-state index contributed by atoms with van der Waals surface area (Å²) in [6, 6.07) is 2.28. The summed E-state index contributed by atoms with van der Waals surface area (Å²) in [5.74, 6) is 0.827. The predicted molar refractivity (Wildman–Crippen MR) is 85.3 cm³/mol. The monoisotopic (exact) mass is 293 g/mol. The van der Waals surface area contributed by atoms with E-state index in [4.69, 9.17) is 0 Å². The Hall–Kier alpha value is -0.450. The molecule has 2 aliphatic rings. The van der Waals surface area contributed by atoms with Crippen LogP contribution < -0.4 is 5.32 Å². The molecule has 2 fully saturated rings. The first-order valence-corrected chi connectivity index (χ1v) is 8.91. The molecule has 0 spiro atoms. The van der Waals surface area contributed by atoms with Crippen LogP contribution in [0.4, 0.5) is 0 Å². The molecule has 1 N–H and O–H groups in total. The van der Waals surface area contributed by atoms with Crippen molar-refractivity contribution in [3.05, 3.63) is 16.1 Å². The highest BCUT2D eigenvalue weighted by atomic mass is 32.1. The van der Waals surface area contributed by atoms with Crippen molar-refractivity contribution in [3.8, 4) is 0 Å². The average Bonchev–Trinajstić information content (AvgIpc) is 2.89. The maximum absolute atomic E-state index is 4.66. The largest absolute Gasteiger partial charge is 0.314 e. The summed E-state index contributed by atoms with van der Waals surface area (Å²) in [5, 5.41) is 7.22. The van der Waals surface area contributed by atoms with Crippen LogP contribution >= 0.6 is 11.3 Å². The molecule has 0 aromatic carbocycles. The maximum Gasteiger partial charge on any atom is 0.0943 e. The lowest BCUT2D eigenvalue weighted by Crippen LogP contribution is -2.47. The Bertz CT molecular complexity index is 431. The van der Waals surface area contributed by atoms with E-state index in [0.717, 1.165) is 31.0 Å². The summed E-state index contributed by atoms with van der Waals surface area (Å²) in [7, 11) is 2.32. The number of fused-ring (bicyclic) bond motifs is 2. The average molecular weight is 293 g/mol. The van der Waals surface area contributed by atoms with Gasteiger partial charge in [-0.3, -0.25) is 0 Å². The molecule has 3 atom stereocenters. The molecule has 3 heterocycles. The molecule has 2 aliphatic heterocycles. The third kappa shape index (κ3) is 2.92. The Balaban J connectivity index is 1.67. The molecule has 2 saturated heterocycles. The molecule has 1 aromatic rings. The Morgan fingerprint density at radius 2 is 2.10 bits per heavy atom. The van der Waals surface area contributed by atoms with Crippen molar-refractivity contribution in [1.82, 2.24) is 15.2 Å². The van der Waals surface area contributed by atoms with Gasteiger partial charge in [0, 0.05) is 35.6 Å². The van der Waals surface area contributed by atoms with Crippen molar-refractivity contribution in [1.29, 1.82) is 0 Å². The van der Waals surface area contributed by atoms with E-state index in [0.29, 0.717) is 6.04 Å². The molecule has 0 aliphatic carbocycles. The summed E-state index contributed by atoms with van der Waals surface area (Å²) in [6.45, 7) is 5.39. The van der Waals surface area contributed by atoms with E-state index in [9.17, 15) is 0 Å². The number of thiazole rings is 1. The number of piperidine rings is 1. The molecule has 0 radical (unpaired) electrons. The van der Waals surface area contributed by atoms with Crippen LogP contribution in [0.2, 0.25) is 0 Å². The number of nitrogens with zero attached hydrogens (tertiary/aromatic N) is 2. The van der Waals surface area contributed by atoms with E-state index in [1.54, 1.807) is 0 Å². The lowest BCUT2D eigenvalue weighted by Gasteiger charge is -2.40. The normalized spacial score (nSPS) is 31.6. The Morgan fingerprint density at radius 3 is 2.65 bits per heavy atom. The summed E-state index contributed by atoms with van der Waals surface area (Å²) in [6.07, 6.45) is 6.67. The van der Waals surface area contributed by atoms with Crippen LogP contribution in [0.15, 0.2) is 5.38 Å². The lowest BCUT2D eigenvalue weighted by atomic mass is 9.84. The zero-order chi connectivity index (χ0) is 14.1. The Labute approximate surface area is 126 Å². The Kier molecular flexibility index (Phi) is 4.43. The fourth-order valence-corrected chi connectivity index (χ4v) is 4.97. The molecule has 20 heavy (non-hydrogen) atoms. The summed E-state index contributed by atoms with van der Waals surface area (Å²) in [4.78, 5) is 7.30. The zero-order valence-corrected chi connectivity index (χ0v) is 13.7. The van der Waals surface area contributed by atoms with Crippen molar-refractivity contribution < 1.29 is 0 Å². The zero-order valence-electron chi connectivity index (χ0n) is 12.9. The number of nitrogens with one attached hydrogen (secondary N) is 1. The summed E-state index contributed by atoms with van der Waals surface area (Å²) < 4.78 is 0. The van der Waals surface area contributed by atoms with Gasteiger partial charge in [-0.25, -0.2) is 4.98 Å². The first kappa shape index (κ1) is 14.5. The Morgan fingerprint density at radius 1 is 1.40 bits per heavy atom. The van der Waals surface area contributed by atoms with E-state index in [-0.39, 0.29) is 0 Å². The first-order chi connectivity index (χ1) is 9.67. The van der Waals surface area contributed by atoms with Crippen molar-refractivity contribution in [3.63, 3.8) is 0 Å². The summed E-state index contributed by atoms with van der Waals surface area (Å²) >= 11 is 1.82. The number of hydrogen-bond acceptors (Lipinski definition) is 4. The summed E-state index contributed by atoms with van der Waals surface area (Å²) in [5.41, 5.74) is 1.17. The quantitative estimate of drug-likeness (QED) is 0.905. The van der Waals surface area contributed by atoms with Gasteiger partial charge in [0.05, 0.1) is 5.01 Å². The number of aryl methyl sites for hydroxylation is 1. The van der Waals surface area contributed by atoms with Crippen LogP contribution in [0.5, 0.6) is 0 Å². The number of hydrogen-bond donors (Lipinski definition) is 1. The second-order valence-corrected chi connectivity index (χ2v) is 7.48. The van der Waals surface area contributed by atoms with Crippen LogP contribution in [0.25, 0.3) is 0 Å². The fourth-order valence-electron chi connectivity index (χ4n) is 4.13. The minimum absolute atomic E-state index is 0.613. The van der Waals surface area contributed by atoms with E-state index in [2.05, 4.69) is 41.5 Å². The molecule has 2 bridgehead atoms. The lowest BCUT2D eigenvalue weighted by molar-refractivity contribution is 0.112. The van der Waals surface area contributed by atoms with E-state index in [1.807, 2.05) is 11.3 Å². The van der Waals surface area contributed by atoms with Crippen molar-refractivity contribution in [2.24, 2.45) is 5.92 Å². The van der Waals surface area contributed by atoms with Gasteiger partial charge in [-0.2, -0.15) is 0 Å². The number of aromatic nitrogens is 1. The fraction of sp³-hybridized carbons (Fsp3) is 0.812. The van der Waals surface area contributed by atoms with Gasteiger partial charge >= 0.3 is 0 Å². The van der Waals surface area contributed by atoms with Gasteiger partial charge in [-0.1, -0.05) is 6.92 Å². The molecule has 0 amide bonds. The third-order valence-corrected chi connectivity index (χ3v) is 6.22. The van der Waals surface area contributed by atoms with Gasteiger partial charge in [0.25, 0.3) is 0 Å². The SMILES string of the molecule is CCNC(Cc1nc(C)cs1)C1CC2CCC(C1)N2C. The molecular formula is C16H27N3S. The van der Waals surface area contributed by atoms with Gasteiger partial charge < -0.3 is 10.2 Å². The van der Waals surface area contributed by atoms with Gasteiger partial charge in [0.15, 0.2) is 0 Å². The second kappa shape index (κ2) is 6.12. The molecular weight excluding hydrogens is 266 g/mol. The third-order valence-electron chi connectivity index (χ3n) is 5.23. The molecule has 3 rings (SSSR count). The highest BCUT2D eigenvalue weighted by Gasteiger charge is 2.40. The van der Waals surface area contributed by atoms with E-state index in [1.165, 1.54) is 36.4 Å². The van der Waals surface area contributed by atoms with Crippen LogP contribution in [-0.4, -0.2) is 41.6 Å². The van der Waals surface area contributed by atoms with Crippen molar-refractivity contribution in [2.45, 2.75) is 64.1 Å². The van der Waals surface area contributed by atoms with Crippen LogP contribution in [0, 0.1) is 12.8 Å². The number of rotatable bonds is 5. The smallest absolute Gasteiger partial charge is 0.0943 e. The van der Waals surface area contributed by atoms with Crippen LogP contribution in [0.3, 0.4) is 0 Å². The topological polar surface area (TPSA) is 28.2 Å². The van der Waals surface area contributed by atoms with Gasteiger partial charge in [0.1, 0.15) is 0 Å². The maximum atomic E-state index is 4.66. The molecule has 0 saturated carbocycles. The minimum atomic E-state index is 0.613. The molecule has 1 aromatic heterocycles. The van der Waals surface area contributed by atoms with Crippen LogP contribution in [-0.2, 0) is 6.42 Å². The van der Waals surface area contributed by atoms with Gasteiger partial charge in [0.2, 0.25) is 0 Å². The standard InChI is InChI=1S/C16H27N3S/c1-4-17-15(9-16-18-11(2)10-20-16)12-7-13-5-6-14(8-12)19(13)3/h10,12-15,17H,4-9H2,1-3H3. The minimum Gasteiger partial charge on any atom is -0.314 e. The van der Waals surface area contributed by atoms with Crippen molar-refractivity contribution >= 4 is 11.3 Å².